The molecule has 7 heteroatoms. The predicted molar refractivity (Wildman–Crippen MR) is 84.5 cm³/mol. The number of likely N-dealkylation sites (tertiary alicyclic amines) is 1. The summed E-state index contributed by atoms with van der Waals surface area (Å²) in [5, 5.41) is 5.22. The number of carbonyl (C=O) groups is 1. The number of halogens is 1. The van der Waals surface area contributed by atoms with Gasteiger partial charge in [0.2, 0.25) is 10.0 Å². The Morgan fingerprint density at radius 2 is 2.00 bits per heavy atom. The van der Waals surface area contributed by atoms with E-state index in [2.05, 4.69) is 22.9 Å². The number of sulfonamides is 1. The lowest BCUT2D eigenvalue weighted by molar-refractivity contribution is 0.0742. The van der Waals surface area contributed by atoms with Crippen LogP contribution in [-0.4, -0.2) is 31.8 Å². The van der Waals surface area contributed by atoms with E-state index in [1.807, 2.05) is 6.92 Å². The summed E-state index contributed by atoms with van der Waals surface area (Å²) in [6, 6.07) is 3.24. The van der Waals surface area contributed by atoms with E-state index in [-0.39, 0.29) is 16.8 Å². The average molecular weight is 375 g/mol. The lowest BCUT2D eigenvalue weighted by Crippen LogP contribution is -2.34. The summed E-state index contributed by atoms with van der Waals surface area (Å²) in [4.78, 5) is 14.5. The number of primary sulfonamides is 1. The van der Waals surface area contributed by atoms with Gasteiger partial charge in [0, 0.05) is 22.6 Å². The van der Waals surface area contributed by atoms with E-state index >= 15 is 0 Å². The summed E-state index contributed by atoms with van der Waals surface area (Å²) in [5.41, 5.74) is 0.784. The Morgan fingerprint density at radius 3 is 2.48 bits per heavy atom. The minimum absolute atomic E-state index is 0.0138. The average Bonchev–Trinajstić information content (AvgIpc) is 2.68. The molecule has 0 aromatic heterocycles. The molecule has 21 heavy (non-hydrogen) atoms. The second-order valence-corrected chi connectivity index (χ2v) is 8.21. The molecule has 0 spiro atoms. The van der Waals surface area contributed by atoms with Crippen LogP contribution in [0.1, 0.15) is 36.2 Å². The van der Waals surface area contributed by atoms with Gasteiger partial charge in [0.05, 0.1) is 4.90 Å². The quantitative estimate of drug-likeness (QED) is 0.861. The minimum atomic E-state index is -3.86. The molecule has 1 aliphatic rings. The number of hydrogen-bond acceptors (Lipinski definition) is 3. The van der Waals surface area contributed by atoms with Crippen LogP contribution in [0.3, 0.4) is 0 Å². The van der Waals surface area contributed by atoms with Gasteiger partial charge < -0.3 is 4.90 Å². The van der Waals surface area contributed by atoms with Gasteiger partial charge in [-0.3, -0.25) is 4.79 Å². The highest BCUT2D eigenvalue weighted by Gasteiger charge is 2.32. The molecular weight excluding hydrogens is 356 g/mol. The van der Waals surface area contributed by atoms with Gasteiger partial charge in [-0.05, 0) is 43.9 Å². The van der Waals surface area contributed by atoms with Crippen molar-refractivity contribution in [2.75, 3.05) is 6.54 Å². The van der Waals surface area contributed by atoms with Crippen molar-refractivity contribution in [3.05, 3.63) is 27.7 Å². The standard InChI is InChI=1S/C14H19BrN2O3S/c1-8-4-9(2)17(7-8)14(18)12-5-11(15)6-13(10(12)3)21(16,19)20/h5-6,8-9H,4,7H2,1-3H3,(H2,16,19,20). The van der Waals surface area contributed by atoms with Crippen molar-refractivity contribution in [2.45, 2.75) is 38.1 Å². The first-order valence-corrected chi connectivity index (χ1v) is 9.09. The maximum absolute atomic E-state index is 12.7. The third kappa shape index (κ3) is 3.30. The van der Waals surface area contributed by atoms with Crippen molar-refractivity contribution < 1.29 is 13.2 Å². The number of carbonyl (C=O) groups excluding carboxylic acids is 1. The molecule has 2 rings (SSSR count). The molecule has 0 aliphatic carbocycles. The topological polar surface area (TPSA) is 80.5 Å². The fourth-order valence-corrected chi connectivity index (χ4v) is 4.35. The molecule has 1 heterocycles. The first kappa shape index (κ1) is 16.5. The zero-order chi connectivity index (χ0) is 15.9. The molecule has 0 radical (unpaired) electrons. The van der Waals surface area contributed by atoms with E-state index in [1.165, 1.54) is 6.07 Å². The molecule has 1 aromatic rings. The van der Waals surface area contributed by atoms with Crippen LogP contribution in [0.25, 0.3) is 0 Å². The number of nitrogens with two attached hydrogens (primary N) is 1. The van der Waals surface area contributed by atoms with Gasteiger partial charge in [-0.2, -0.15) is 0 Å². The van der Waals surface area contributed by atoms with Crippen LogP contribution in [0.4, 0.5) is 0 Å². The fourth-order valence-electron chi connectivity index (χ4n) is 2.91. The van der Waals surface area contributed by atoms with Crippen LogP contribution in [0.15, 0.2) is 21.5 Å². The number of rotatable bonds is 2. The summed E-state index contributed by atoms with van der Waals surface area (Å²) in [7, 11) is -3.86. The van der Waals surface area contributed by atoms with Crippen LogP contribution in [0.2, 0.25) is 0 Å². The van der Waals surface area contributed by atoms with Crippen molar-refractivity contribution in [3.8, 4) is 0 Å². The zero-order valence-corrected chi connectivity index (χ0v) is 14.7. The van der Waals surface area contributed by atoms with E-state index in [9.17, 15) is 13.2 Å². The zero-order valence-electron chi connectivity index (χ0n) is 12.3. The van der Waals surface area contributed by atoms with Gasteiger partial charge >= 0.3 is 0 Å². The monoisotopic (exact) mass is 374 g/mol. The summed E-state index contributed by atoms with van der Waals surface area (Å²) in [6.07, 6.45) is 0.959. The molecule has 116 valence electrons. The number of hydrogen-bond donors (Lipinski definition) is 1. The van der Waals surface area contributed by atoms with Crippen LogP contribution >= 0.6 is 15.9 Å². The van der Waals surface area contributed by atoms with Crippen molar-refractivity contribution in [3.63, 3.8) is 0 Å². The molecular formula is C14H19BrN2O3S. The SMILES string of the molecule is Cc1c(C(=O)N2CC(C)CC2C)cc(Br)cc1S(N)(=O)=O. The first-order valence-electron chi connectivity index (χ1n) is 6.75. The summed E-state index contributed by atoms with van der Waals surface area (Å²) < 4.78 is 23.8. The van der Waals surface area contributed by atoms with Crippen LogP contribution < -0.4 is 5.14 Å². The van der Waals surface area contributed by atoms with Gasteiger partial charge in [-0.1, -0.05) is 22.9 Å². The Labute approximate surface area is 133 Å². The largest absolute Gasteiger partial charge is 0.336 e. The summed E-state index contributed by atoms with van der Waals surface area (Å²) in [5.74, 6) is 0.310. The van der Waals surface area contributed by atoms with Gasteiger partial charge in [0.25, 0.3) is 5.91 Å². The molecule has 1 saturated heterocycles. The van der Waals surface area contributed by atoms with Gasteiger partial charge in [0.1, 0.15) is 0 Å². The van der Waals surface area contributed by atoms with Crippen molar-refractivity contribution in [1.82, 2.24) is 4.90 Å². The number of amides is 1. The molecule has 2 atom stereocenters. The van der Waals surface area contributed by atoms with Gasteiger partial charge in [0.15, 0.2) is 0 Å². The lowest BCUT2D eigenvalue weighted by atomic mass is 10.1. The second kappa shape index (κ2) is 5.70. The highest BCUT2D eigenvalue weighted by atomic mass is 79.9. The highest BCUT2D eigenvalue weighted by Crippen LogP contribution is 2.29. The van der Waals surface area contributed by atoms with Gasteiger partial charge in [-0.15, -0.1) is 0 Å². The van der Waals surface area contributed by atoms with Crippen LogP contribution in [0, 0.1) is 12.8 Å². The molecule has 5 nitrogen and oxygen atoms in total. The normalized spacial score (nSPS) is 22.6. The van der Waals surface area contributed by atoms with E-state index < -0.39 is 10.0 Å². The Balaban J connectivity index is 2.50. The molecule has 0 bridgehead atoms. The Morgan fingerprint density at radius 1 is 1.38 bits per heavy atom. The van der Waals surface area contributed by atoms with Crippen molar-refractivity contribution in [1.29, 1.82) is 0 Å². The van der Waals surface area contributed by atoms with Crippen LogP contribution in [-0.2, 0) is 10.0 Å². The minimum Gasteiger partial charge on any atom is -0.336 e. The molecule has 1 aromatic carbocycles. The molecule has 2 unspecified atom stereocenters. The van der Waals surface area contributed by atoms with Crippen molar-refractivity contribution in [2.24, 2.45) is 11.1 Å². The Hall–Kier alpha value is -0.920. The third-order valence-electron chi connectivity index (χ3n) is 3.91. The maximum atomic E-state index is 12.7. The first-order chi connectivity index (χ1) is 9.61. The highest BCUT2D eigenvalue weighted by molar-refractivity contribution is 9.10. The van der Waals surface area contributed by atoms with E-state index in [4.69, 9.17) is 5.14 Å². The van der Waals surface area contributed by atoms with Gasteiger partial charge in [-0.25, -0.2) is 13.6 Å². The number of benzene rings is 1. The van der Waals surface area contributed by atoms with Crippen molar-refractivity contribution >= 4 is 31.9 Å². The molecule has 1 amide bonds. The number of nitrogens with zero attached hydrogens (tertiary/aromatic N) is 1. The maximum Gasteiger partial charge on any atom is 0.254 e. The second-order valence-electron chi connectivity index (χ2n) is 5.77. The fraction of sp³-hybridized carbons (Fsp3) is 0.500. The van der Waals surface area contributed by atoms with Crippen LogP contribution in [0.5, 0.6) is 0 Å². The van der Waals surface area contributed by atoms with E-state index in [0.717, 1.165) is 6.42 Å². The third-order valence-corrected chi connectivity index (χ3v) is 5.40. The Kier molecular flexibility index (Phi) is 4.46. The molecule has 1 fully saturated rings. The van der Waals surface area contributed by atoms with E-state index in [1.54, 1.807) is 17.9 Å². The molecule has 2 N–H and O–H groups in total. The molecule has 1 aliphatic heterocycles. The predicted octanol–water partition coefficient (Wildman–Crippen LogP) is 2.28. The molecule has 0 saturated carbocycles. The smallest absolute Gasteiger partial charge is 0.254 e. The lowest BCUT2D eigenvalue weighted by Gasteiger charge is -2.23. The summed E-state index contributed by atoms with van der Waals surface area (Å²) in [6.45, 7) is 6.42. The summed E-state index contributed by atoms with van der Waals surface area (Å²) >= 11 is 3.25. The Bertz CT molecular complexity index is 688. The van der Waals surface area contributed by atoms with E-state index in [0.29, 0.717) is 28.1 Å².